The van der Waals surface area contributed by atoms with Crippen LogP contribution >= 0.6 is 24.8 Å². The average Bonchev–Trinajstić information content (AvgIpc) is 3.51. The first-order chi connectivity index (χ1) is 12.7. The predicted molar refractivity (Wildman–Crippen MR) is 115 cm³/mol. The molecule has 0 unspecified atom stereocenters. The molecule has 0 atom stereocenters. The molecule has 0 radical (unpaired) electrons. The van der Waals surface area contributed by atoms with Crippen molar-refractivity contribution in [2.45, 2.75) is 38.0 Å². The van der Waals surface area contributed by atoms with Crippen molar-refractivity contribution in [3.63, 3.8) is 0 Å². The molecule has 1 aromatic heterocycles. The van der Waals surface area contributed by atoms with Crippen LogP contribution in [-0.4, -0.2) is 42.5 Å². The summed E-state index contributed by atoms with van der Waals surface area (Å²) in [7, 11) is 1.98. The zero-order valence-electron chi connectivity index (χ0n) is 16.1. The van der Waals surface area contributed by atoms with E-state index < -0.39 is 0 Å². The molecule has 1 amide bonds. The number of likely N-dealkylation sites (tertiary alicyclic amines) is 1. The maximum absolute atomic E-state index is 13.8. The van der Waals surface area contributed by atoms with Crippen molar-refractivity contribution in [2.75, 3.05) is 26.7 Å². The van der Waals surface area contributed by atoms with E-state index in [4.69, 9.17) is 0 Å². The number of hydrogen-bond acceptors (Lipinski definition) is 3. The Morgan fingerprint density at radius 2 is 1.89 bits per heavy atom. The third kappa shape index (κ3) is 4.94. The Labute approximate surface area is 178 Å². The molecule has 1 saturated carbocycles. The molecule has 1 aliphatic heterocycles. The van der Waals surface area contributed by atoms with Crippen molar-refractivity contribution in [1.29, 1.82) is 0 Å². The van der Waals surface area contributed by atoms with E-state index in [0.717, 1.165) is 62.9 Å². The maximum Gasteiger partial charge on any atom is 0.254 e. The molecule has 0 bridgehead atoms. The molecule has 1 saturated heterocycles. The quantitative estimate of drug-likeness (QED) is 0.760. The van der Waals surface area contributed by atoms with Crippen LogP contribution in [0.15, 0.2) is 24.3 Å². The number of carbonyl (C=O) groups excluding carboxylic acids is 1. The molecule has 2 fully saturated rings. The van der Waals surface area contributed by atoms with Crippen molar-refractivity contribution < 1.29 is 9.18 Å². The minimum Gasteiger partial charge on any atom is -0.339 e. The van der Waals surface area contributed by atoms with Gasteiger partial charge in [-0.05, 0) is 75.9 Å². The Morgan fingerprint density at radius 1 is 1.18 bits per heavy atom. The molecule has 1 N–H and O–H groups in total. The summed E-state index contributed by atoms with van der Waals surface area (Å²) in [6, 6.07) is 6.48. The second-order valence-electron chi connectivity index (χ2n) is 7.66. The summed E-state index contributed by atoms with van der Waals surface area (Å²) in [5.74, 6) is 0.846. The van der Waals surface area contributed by atoms with E-state index in [9.17, 15) is 9.18 Å². The summed E-state index contributed by atoms with van der Waals surface area (Å²) >= 11 is 0. The fraction of sp³-hybridized carbons (Fsp3) is 0.524. The number of piperidine rings is 1. The zero-order chi connectivity index (χ0) is 18.1. The van der Waals surface area contributed by atoms with Gasteiger partial charge in [0.15, 0.2) is 0 Å². The van der Waals surface area contributed by atoms with Crippen LogP contribution in [0, 0.1) is 11.7 Å². The Bertz CT molecular complexity index is 821. The van der Waals surface area contributed by atoms with Crippen LogP contribution < -0.4 is 5.32 Å². The number of nitrogens with zero attached hydrogens (tertiary/aromatic N) is 2. The molecule has 2 aliphatic rings. The Morgan fingerprint density at radius 3 is 2.54 bits per heavy atom. The van der Waals surface area contributed by atoms with Crippen molar-refractivity contribution in [3.8, 4) is 0 Å². The molecule has 7 heteroatoms. The van der Waals surface area contributed by atoms with Gasteiger partial charge in [-0.2, -0.15) is 0 Å². The smallest absolute Gasteiger partial charge is 0.254 e. The Balaban J connectivity index is 0.00000140. The molecule has 2 heterocycles. The van der Waals surface area contributed by atoms with Gasteiger partial charge in [-0.1, -0.05) is 0 Å². The first-order valence-electron chi connectivity index (χ1n) is 9.70. The van der Waals surface area contributed by atoms with E-state index in [1.807, 2.05) is 18.0 Å². The molecule has 154 valence electrons. The SMILES string of the molecule is CNCCC1CCN(C(=O)c2cc(C3CC3)nc3ccc(F)cc23)CC1.Cl.Cl. The molecule has 4 rings (SSSR count). The van der Waals surface area contributed by atoms with Crippen LogP contribution in [0.5, 0.6) is 0 Å². The summed E-state index contributed by atoms with van der Waals surface area (Å²) in [5.41, 5.74) is 2.32. The van der Waals surface area contributed by atoms with E-state index in [0.29, 0.717) is 22.8 Å². The van der Waals surface area contributed by atoms with Crippen LogP contribution in [0.2, 0.25) is 0 Å². The molecule has 28 heavy (non-hydrogen) atoms. The highest BCUT2D eigenvalue weighted by atomic mass is 35.5. The lowest BCUT2D eigenvalue weighted by Crippen LogP contribution is -2.39. The lowest BCUT2D eigenvalue weighted by molar-refractivity contribution is 0.0689. The van der Waals surface area contributed by atoms with Gasteiger partial charge in [-0.25, -0.2) is 4.39 Å². The van der Waals surface area contributed by atoms with Crippen molar-refractivity contribution in [3.05, 3.63) is 41.3 Å². The third-order valence-corrected chi connectivity index (χ3v) is 5.72. The standard InChI is InChI=1S/C21H26FN3O.2ClH/c1-23-9-6-14-7-10-25(11-8-14)21(26)18-13-20(15-2-3-15)24-19-5-4-16(22)12-17(18)19;;/h4-5,12-15,23H,2-3,6-11H2,1H3;2*1H. The highest BCUT2D eigenvalue weighted by Gasteiger charge is 2.29. The van der Waals surface area contributed by atoms with Crippen molar-refractivity contribution in [1.82, 2.24) is 15.2 Å². The summed E-state index contributed by atoms with van der Waals surface area (Å²) in [4.78, 5) is 19.8. The van der Waals surface area contributed by atoms with E-state index >= 15 is 0 Å². The lowest BCUT2D eigenvalue weighted by atomic mass is 9.93. The van der Waals surface area contributed by atoms with Crippen LogP contribution in [0.3, 0.4) is 0 Å². The number of nitrogens with one attached hydrogen (secondary N) is 1. The van der Waals surface area contributed by atoms with Gasteiger partial charge in [-0.15, -0.1) is 24.8 Å². The minimum absolute atomic E-state index is 0. The topological polar surface area (TPSA) is 45.2 Å². The number of rotatable bonds is 5. The number of aromatic nitrogens is 1. The van der Waals surface area contributed by atoms with Gasteiger partial charge in [0.2, 0.25) is 0 Å². The maximum atomic E-state index is 13.8. The van der Waals surface area contributed by atoms with Gasteiger partial charge in [0.1, 0.15) is 5.82 Å². The van der Waals surface area contributed by atoms with Gasteiger partial charge in [-0.3, -0.25) is 9.78 Å². The summed E-state index contributed by atoms with van der Waals surface area (Å²) in [6.07, 6.45) is 5.50. The van der Waals surface area contributed by atoms with E-state index in [1.54, 1.807) is 6.07 Å². The highest BCUT2D eigenvalue weighted by Crippen LogP contribution is 2.40. The number of amides is 1. The molecule has 2 aromatic rings. The molecule has 4 nitrogen and oxygen atoms in total. The number of fused-ring (bicyclic) bond motifs is 1. The third-order valence-electron chi connectivity index (χ3n) is 5.72. The van der Waals surface area contributed by atoms with Gasteiger partial charge >= 0.3 is 0 Å². The number of pyridine rings is 1. The lowest BCUT2D eigenvalue weighted by Gasteiger charge is -2.32. The molecule has 1 aromatic carbocycles. The van der Waals surface area contributed by atoms with Crippen molar-refractivity contribution >= 4 is 41.6 Å². The number of carbonyl (C=O) groups is 1. The minimum atomic E-state index is -0.321. The fourth-order valence-electron chi connectivity index (χ4n) is 3.93. The second kappa shape index (κ2) is 9.86. The van der Waals surface area contributed by atoms with Crippen LogP contribution in [0.4, 0.5) is 4.39 Å². The zero-order valence-corrected chi connectivity index (χ0v) is 17.8. The van der Waals surface area contributed by atoms with Crippen LogP contribution in [0.1, 0.15) is 54.1 Å². The van der Waals surface area contributed by atoms with Gasteiger partial charge in [0, 0.05) is 30.1 Å². The van der Waals surface area contributed by atoms with Gasteiger partial charge < -0.3 is 10.2 Å². The monoisotopic (exact) mass is 427 g/mol. The molecular weight excluding hydrogens is 400 g/mol. The van der Waals surface area contributed by atoms with Crippen LogP contribution in [-0.2, 0) is 0 Å². The van der Waals surface area contributed by atoms with E-state index in [-0.39, 0.29) is 36.5 Å². The van der Waals surface area contributed by atoms with Crippen molar-refractivity contribution in [2.24, 2.45) is 5.92 Å². The second-order valence-corrected chi connectivity index (χ2v) is 7.66. The fourth-order valence-corrected chi connectivity index (χ4v) is 3.93. The van der Waals surface area contributed by atoms with E-state index in [1.165, 1.54) is 12.1 Å². The highest BCUT2D eigenvalue weighted by molar-refractivity contribution is 6.06. The largest absolute Gasteiger partial charge is 0.339 e. The summed E-state index contributed by atoms with van der Waals surface area (Å²) < 4.78 is 13.8. The number of hydrogen-bond donors (Lipinski definition) is 1. The van der Waals surface area contributed by atoms with Crippen LogP contribution in [0.25, 0.3) is 10.9 Å². The van der Waals surface area contributed by atoms with Gasteiger partial charge in [0.25, 0.3) is 5.91 Å². The van der Waals surface area contributed by atoms with E-state index in [2.05, 4.69) is 10.3 Å². The number of halogens is 3. The molecule has 1 aliphatic carbocycles. The first kappa shape index (κ1) is 22.9. The summed E-state index contributed by atoms with van der Waals surface area (Å²) in [5, 5.41) is 3.84. The molecular formula is C21H28Cl2FN3O. The van der Waals surface area contributed by atoms with Gasteiger partial charge in [0.05, 0.1) is 11.1 Å². The summed E-state index contributed by atoms with van der Waals surface area (Å²) in [6.45, 7) is 2.59. The molecule has 0 spiro atoms. The predicted octanol–water partition coefficient (Wildman–Crippen LogP) is 4.56. The normalized spacial score (nSPS) is 17.1. The Hall–Kier alpha value is -1.43. The average molecular weight is 428 g/mol. The number of benzene rings is 1. The Kier molecular flexibility index (Phi) is 8.05. The first-order valence-corrected chi connectivity index (χ1v) is 9.70.